The lowest BCUT2D eigenvalue weighted by Crippen LogP contribution is -2.61. The third-order valence-corrected chi connectivity index (χ3v) is 19.5. The van der Waals surface area contributed by atoms with Crippen LogP contribution in [0.5, 0.6) is 0 Å². The summed E-state index contributed by atoms with van der Waals surface area (Å²) in [5.41, 5.74) is 24.2. The van der Waals surface area contributed by atoms with E-state index in [9.17, 15) is 0 Å². The first-order valence-electron chi connectivity index (χ1n) is 27.7. The fourth-order valence-electron chi connectivity index (χ4n) is 14.2. The summed E-state index contributed by atoms with van der Waals surface area (Å²) in [5.74, 6) is 0. The van der Waals surface area contributed by atoms with Gasteiger partial charge in [0.2, 0.25) is 0 Å². The summed E-state index contributed by atoms with van der Waals surface area (Å²) in [4.78, 5) is 8.12. The van der Waals surface area contributed by atoms with Gasteiger partial charge in [0.05, 0.1) is 16.9 Å². The van der Waals surface area contributed by atoms with Crippen molar-refractivity contribution in [1.29, 1.82) is 0 Å². The summed E-state index contributed by atoms with van der Waals surface area (Å²) in [6, 6.07) is 72.8. The van der Waals surface area contributed by atoms with Crippen LogP contribution in [0.15, 0.2) is 188 Å². The fraction of sp³-hybridized carbons (Fsp3) is 0.239. The molecule has 10 aromatic rings. The molecule has 14 rings (SSSR count). The van der Waals surface area contributed by atoms with Crippen LogP contribution in [0, 0.1) is 6.92 Å². The Hall–Kier alpha value is -7.34. The molecule has 1 saturated carbocycles. The van der Waals surface area contributed by atoms with E-state index in [1.54, 1.807) is 0 Å². The van der Waals surface area contributed by atoms with Crippen LogP contribution in [0.3, 0.4) is 0 Å². The molecule has 9 aromatic carbocycles. The summed E-state index contributed by atoms with van der Waals surface area (Å²) in [6.07, 6.45) is 4.77. The second kappa shape index (κ2) is 16.8. The van der Waals surface area contributed by atoms with Crippen LogP contribution in [0.25, 0.3) is 42.4 Å². The fourth-order valence-corrected chi connectivity index (χ4v) is 15.3. The zero-order valence-corrected chi connectivity index (χ0v) is 46.4. The van der Waals surface area contributed by atoms with E-state index in [4.69, 9.17) is 0 Å². The van der Waals surface area contributed by atoms with Gasteiger partial charge in [-0.3, -0.25) is 0 Å². The lowest BCUT2D eigenvalue weighted by atomic mass is 9.33. The molecule has 1 aliphatic carbocycles. The Morgan fingerprint density at radius 2 is 1.08 bits per heavy atom. The lowest BCUT2D eigenvalue weighted by Gasteiger charge is -2.50. The number of thiophene rings is 1. The summed E-state index contributed by atoms with van der Waals surface area (Å²) in [6.45, 7) is 21.5. The molecule has 0 radical (unpaired) electrons. The Balaban J connectivity index is 1.06. The standard InChI is InChI=1S/C71H66BN3S/c1-45-39-62-67-63(40-45)74(59-26-20-28-65-66(59)52-25-16-17-27-64(52)76-65)61-44-51(75-58-35-29-48(46-21-12-10-13-22-46)41-54(58)70(8)37-18-19-38-71(70,75)9)32-34-56(61)72(67)55-33-30-50(69(5,6)7)43-60(55)73(62)57-36-31-49(68(2,3)4)42-53(57)47-23-14-11-15-24-47/h10-17,20-36,39-44H,18-19,37-38H2,1-9H3. The second-order valence-corrected chi connectivity index (χ2v) is 26.0. The zero-order chi connectivity index (χ0) is 52.0. The number of anilines is 8. The van der Waals surface area contributed by atoms with Crippen LogP contribution < -0.4 is 31.1 Å². The van der Waals surface area contributed by atoms with E-state index >= 15 is 0 Å². The van der Waals surface area contributed by atoms with E-state index in [1.807, 2.05) is 11.3 Å². The van der Waals surface area contributed by atoms with Crippen molar-refractivity contribution in [3.05, 3.63) is 210 Å². The van der Waals surface area contributed by atoms with E-state index in [1.165, 1.54) is 146 Å². The number of benzene rings is 9. The molecule has 4 heterocycles. The number of aryl methyl sites for hydroxylation is 1. The van der Waals surface area contributed by atoms with Crippen LogP contribution in [-0.2, 0) is 16.2 Å². The summed E-state index contributed by atoms with van der Waals surface area (Å²) < 4.78 is 2.62. The predicted molar refractivity (Wildman–Crippen MR) is 329 cm³/mol. The molecule has 3 nitrogen and oxygen atoms in total. The summed E-state index contributed by atoms with van der Waals surface area (Å²) in [7, 11) is 0. The molecule has 0 N–H and O–H groups in total. The first-order valence-corrected chi connectivity index (χ1v) is 28.6. The lowest BCUT2D eigenvalue weighted by molar-refractivity contribution is 0.195. The number of hydrogen-bond acceptors (Lipinski definition) is 4. The molecular formula is C71H66BN3S. The highest BCUT2D eigenvalue weighted by molar-refractivity contribution is 7.26. The van der Waals surface area contributed by atoms with Gasteiger partial charge < -0.3 is 14.7 Å². The molecule has 2 unspecified atom stereocenters. The van der Waals surface area contributed by atoms with Crippen LogP contribution >= 0.6 is 11.3 Å². The number of fused-ring (bicyclic) bond motifs is 10. The van der Waals surface area contributed by atoms with Gasteiger partial charge in [0.15, 0.2) is 0 Å². The molecular weight excluding hydrogens is 938 g/mol. The maximum atomic E-state index is 2.78. The molecule has 374 valence electrons. The Bertz CT molecular complexity index is 3990. The quantitative estimate of drug-likeness (QED) is 0.159. The Morgan fingerprint density at radius 1 is 0.474 bits per heavy atom. The zero-order valence-electron chi connectivity index (χ0n) is 45.6. The molecule has 5 heteroatoms. The first-order chi connectivity index (χ1) is 36.6. The van der Waals surface area contributed by atoms with E-state index in [2.05, 4.69) is 265 Å². The molecule has 4 aliphatic rings. The van der Waals surface area contributed by atoms with Gasteiger partial charge in [0, 0.05) is 65.3 Å². The highest BCUT2D eigenvalue weighted by Crippen LogP contribution is 2.62. The van der Waals surface area contributed by atoms with Crippen LogP contribution in [0.2, 0.25) is 0 Å². The molecule has 1 fully saturated rings. The second-order valence-electron chi connectivity index (χ2n) is 24.9. The van der Waals surface area contributed by atoms with Crippen molar-refractivity contribution in [1.82, 2.24) is 0 Å². The van der Waals surface area contributed by atoms with E-state index in [-0.39, 0.29) is 28.5 Å². The largest absolute Gasteiger partial charge is 0.334 e. The minimum absolute atomic E-state index is 0.0200. The van der Waals surface area contributed by atoms with Crippen LogP contribution in [0.4, 0.5) is 45.5 Å². The van der Waals surface area contributed by atoms with Crippen LogP contribution in [-0.4, -0.2) is 12.3 Å². The third kappa shape index (κ3) is 6.93. The molecule has 1 aromatic heterocycles. The molecule has 0 saturated heterocycles. The van der Waals surface area contributed by atoms with Gasteiger partial charge >= 0.3 is 0 Å². The molecule has 0 spiro atoms. The minimum Gasteiger partial charge on any atom is -0.334 e. The maximum absolute atomic E-state index is 2.78. The predicted octanol–water partition coefficient (Wildman–Crippen LogP) is 18.1. The van der Waals surface area contributed by atoms with Crippen molar-refractivity contribution in [2.45, 2.75) is 110 Å². The topological polar surface area (TPSA) is 9.72 Å². The van der Waals surface area contributed by atoms with Crippen molar-refractivity contribution in [2.75, 3.05) is 14.7 Å². The monoisotopic (exact) mass is 1000 g/mol. The molecule has 76 heavy (non-hydrogen) atoms. The molecule has 0 amide bonds. The highest BCUT2D eigenvalue weighted by Gasteiger charge is 2.58. The van der Waals surface area contributed by atoms with Crippen molar-refractivity contribution in [3.63, 3.8) is 0 Å². The van der Waals surface area contributed by atoms with Crippen molar-refractivity contribution >= 4 is 100 Å². The highest BCUT2D eigenvalue weighted by atomic mass is 32.1. The molecule has 2 atom stereocenters. The van der Waals surface area contributed by atoms with E-state index in [0.29, 0.717) is 0 Å². The molecule has 3 aliphatic heterocycles. The first kappa shape index (κ1) is 47.1. The van der Waals surface area contributed by atoms with E-state index < -0.39 is 0 Å². The number of rotatable bonds is 5. The Morgan fingerprint density at radius 3 is 1.82 bits per heavy atom. The van der Waals surface area contributed by atoms with Gasteiger partial charge in [-0.2, -0.15) is 0 Å². The van der Waals surface area contributed by atoms with Crippen molar-refractivity contribution in [2.24, 2.45) is 0 Å². The smallest absolute Gasteiger partial charge is 0.252 e. The molecule has 0 bridgehead atoms. The van der Waals surface area contributed by atoms with E-state index in [0.717, 1.165) is 6.42 Å². The third-order valence-electron chi connectivity index (χ3n) is 18.3. The average Bonchev–Trinajstić information content (AvgIpc) is 4.03. The Kier molecular flexibility index (Phi) is 10.4. The number of hydrogen-bond donors (Lipinski definition) is 0. The minimum atomic E-state index is -0.123. The van der Waals surface area contributed by atoms with Gasteiger partial charge in [-0.25, -0.2) is 0 Å². The van der Waals surface area contributed by atoms with Gasteiger partial charge in [0.25, 0.3) is 6.71 Å². The van der Waals surface area contributed by atoms with Crippen molar-refractivity contribution in [3.8, 4) is 22.3 Å². The van der Waals surface area contributed by atoms with Gasteiger partial charge in [-0.05, 0) is 166 Å². The van der Waals surface area contributed by atoms with Crippen LogP contribution in [0.1, 0.15) is 103 Å². The SMILES string of the molecule is Cc1cc2c3c(c1)N(c1cccc4sc5ccccc5c14)c1cc(N4c5ccc(-c6ccccc6)cc5C5(C)CCCCC45C)ccc1B3c1ccc(C(C)(C)C)cc1N2c1ccc(C(C)(C)C)cc1-c1ccccc1. The maximum Gasteiger partial charge on any atom is 0.252 e. The normalized spacial score (nSPS) is 18.6. The van der Waals surface area contributed by atoms with Gasteiger partial charge in [0.1, 0.15) is 0 Å². The van der Waals surface area contributed by atoms with Gasteiger partial charge in [-0.15, -0.1) is 11.3 Å². The summed E-state index contributed by atoms with van der Waals surface area (Å²) >= 11 is 1.90. The average molecular weight is 1000 g/mol. The number of nitrogens with zero attached hydrogens (tertiary/aromatic N) is 3. The summed E-state index contributed by atoms with van der Waals surface area (Å²) in [5, 5.41) is 2.62. The van der Waals surface area contributed by atoms with Gasteiger partial charge in [-0.1, -0.05) is 177 Å². The Labute approximate surface area is 454 Å². The van der Waals surface area contributed by atoms with Crippen molar-refractivity contribution < 1.29 is 0 Å².